The number of urea groups is 1. The molecule has 0 unspecified atom stereocenters. The fraction of sp³-hybridized carbons (Fsp3) is 0.471. The number of amides is 3. The van der Waals surface area contributed by atoms with Gasteiger partial charge in [0.15, 0.2) is 0 Å². The molecule has 0 saturated heterocycles. The van der Waals surface area contributed by atoms with Crippen molar-refractivity contribution in [3.63, 3.8) is 0 Å². The quantitative estimate of drug-likeness (QED) is 0.719. The van der Waals surface area contributed by atoms with E-state index in [1.807, 2.05) is 0 Å². The fourth-order valence-corrected chi connectivity index (χ4v) is 2.69. The first kappa shape index (κ1) is 17.8. The first-order valence-electron chi connectivity index (χ1n) is 8.11. The zero-order chi connectivity index (χ0) is 17.4. The van der Waals surface area contributed by atoms with Crippen LogP contribution in [0.25, 0.3) is 0 Å². The van der Waals surface area contributed by atoms with Crippen LogP contribution in [0.2, 0.25) is 0 Å². The number of rotatable bonds is 5. The maximum Gasteiger partial charge on any atom is 0.337 e. The molecule has 24 heavy (non-hydrogen) atoms. The summed E-state index contributed by atoms with van der Waals surface area (Å²) in [7, 11) is 1.29. The Morgan fingerprint density at radius 3 is 2.62 bits per heavy atom. The standard InChI is InChI=1S/C17H23N3O4/c1-24-16(22)12-6-5-9-14(10-12)19-15(21)11-18-17(23)20-13-7-3-2-4-8-13/h5-6,9-10,13H,2-4,7-8,11H2,1H3,(H,19,21)(H2,18,20,23). The van der Waals surface area contributed by atoms with Gasteiger partial charge in [-0.1, -0.05) is 25.3 Å². The number of ether oxygens (including phenoxy) is 1. The van der Waals surface area contributed by atoms with Crippen LogP contribution < -0.4 is 16.0 Å². The lowest BCUT2D eigenvalue weighted by molar-refractivity contribution is -0.115. The van der Waals surface area contributed by atoms with E-state index in [0.29, 0.717) is 11.3 Å². The molecule has 0 spiro atoms. The van der Waals surface area contributed by atoms with Crippen molar-refractivity contribution in [2.24, 2.45) is 0 Å². The number of anilines is 1. The third-order valence-corrected chi connectivity index (χ3v) is 3.92. The minimum absolute atomic E-state index is 0.138. The zero-order valence-electron chi connectivity index (χ0n) is 13.8. The summed E-state index contributed by atoms with van der Waals surface area (Å²) in [5, 5.41) is 8.05. The molecule has 1 aliphatic carbocycles. The molecule has 130 valence electrons. The molecule has 3 N–H and O–H groups in total. The number of nitrogens with one attached hydrogen (secondary N) is 3. The number of hydrogen-bond acceptors (Lipinski definition) is 4. The van der Waals surface area contributed by atoms with Crippen LogP contribution in [-0.2, 0) is 9.53 Å². The SMILES string of the molecule is COC(=O)c1cccc(NC(=O)CNC(=O)NC2CCCCC2)c1. The normalized spacial score (nSPS) is 14.5. The summed E-state index contributed by atoms with van der Waals surface area (Å²) in [6, 6.07) is 6.28. The smallest absolute Gasteiger partial charge is 0.337 e. The first-order valence-corrected chi connectivity index (χ1v) is 8.11. The second-order valence-corrected chi connectivity index (χ2v) is 5.78. The molecule has 0 radical (unpaired) electrons. The molecule has 2 rings (SSSR count). The average Bonchev–Trinajstić information content (AvgIpc) is 2.60. The third-order valence-electron chi connectivity index (χ3n) is 3.92. The highest BCUT2D eigenvalue weighted by atomic mass is 16.5. The molecular formula is C17H23N3O4. The summed E-state index contributed by atoms with van der Waals surface area (Å²) in [6.45, 7) is -0.138. The number of carbonyl (C=O) groups is 3. The monoisotopic (exact) mass is 333 g/mol. The Hall–Kier alpha value is -2.57. The van der Waals surface area contributed by atoms with Crippen LogP contribution in [-0.4, -0.2) is 37.6 Å². The molecule has 0 aromatic heterocycles. The van der Waals surface area contributed by atoms with Crippen molar-refractivity contribution in [1.29, 1.82) is 0 Å². The van der Waals surface area contributed by atoms with Crippen LogP contribution in [0.4, 0.5) is 10.5 Å². The predicted octanol–water partition coefficient (Wildman–Crippen LogP) is 2.04. The Balaban J connectivity index is 1.76. The summed E-state index contributed by atoms with van der Waals surface area (Å²) in [4.78, 5) is 35.1. The summed E-state index contributed by atoms with van der Waals surface area (Å²) in [5.41, 5.74) is 0.815. The van der Waals surface area contributed by atoms with E-state index in [-0.39, 0.29) is 24.5 Å². The molecule has 0 bridgehead atoms. The number of hydrogen-bond donors (Lipinski definition) is 3. The zero-order valence-corrected chi connectivity index (χ0v) is 13.8. The molecule has 0 heterocycles. The Kier molecular flexibility index (Phi) is 6.60. The van der Waals surface area contributed by atoms with Crippen molar-refractivity contribution >= 4 is 23.6 Å². The lowest BCUT2D eigenvalue weighted by Crippen LogP contribution is -2.45. The topological polar surface area (TPSA) is 96.5 Å². The summed E-state index contributed by atoms with van der Waals surface area (Å²) in [5.74, 6) is -0.841. The van der Waals surface area contributed by atoms with Crippen LogP contribution in [0.5, 0.6) is 0 Å². The summed E-state index contributed by atoms with van der Waals surface area (Å²) in [6.07, 6.45) is 5.44. The van der Waals surface area contributed by atoms with Crippen molar-refractivity contribution in [2.75, 3.05) is 19.0 Å². The summed E-state index contributed by atoms with van der Waals surface area (Å²) >= 11 is 0. The maximum absolute atomic E-state index is 11.9. The van der Waals surface area contributed by atoms with E-state index in [9.17, 15) is 14.4 Å². The van der Waals surface area contributed by atoms with E-state index in [1.54, 1.807) is 18.2 Å². The Labute approximate surface area is 141 Å². The Morgan fingerprint density at radius 1 is 1.17 bits per heavy atom. The van der Waals surface area contributed by atoms with Gasteiger partial charge in [0.25, 0.3) is 0 Å². The lowest BCUT2D eigenvalue weighted by Gasteiger charge is -2.22. The van der Waals surface area contributed by atoms with Gasteiger partial charge in [0.1, 0.15) is 0 Å². The molecule has 7 nitrogen and oxygen atoms in total. The minimum atomic E-state index is -0.476. The van der Waals surface area contributed by atoms with Gasteiger partial charge in [0.05, 0.1) is 19.2 Å². The lowest BCUT2D eigenvalue weighted by atomic mass is 9.96. The second kappa shape index (κ2) is 8.90. The number of benzene rings is 1. The molecule has 1 saturated carbocycles. The van der Waals surface area contributed by atoms with Gasteiger partial charge in [-0.25, -0.2) is 9.59 Å². The van der Waals surface area contributed by atoms with Gasteiger partial charge in [-0.2, -0.15) is 0 Å². The molecular weight excluding hydrogens is 310 g/mol. The second-order valence-electron chi connectivity index (χ2n) is 5.78. The Bertz CT molecular complexity index is 597. The molecule has 1 fully saturated rings. The predicted molar refractivity (Wildman–Crippen MR) is 89.8 cm³/mol. The highest BCUT2D eigenvalue weighted by molar-refractivity contribution is 5.96. The highest BCUT2D eigenvalue weighted by Crippen LogP contribution is 2.17. The van der Waals surface area contributed by atoms with Gasteiger partial charge in [-0.05, 0) is 31.0 Å². The Morgan fingerprint density at radius 2 is 1.92 bits per heavy atom. The third kappa shape index (κ3) is 5.57. The van der Waals surface area contributed by atoms with Crippen LogP contribution in [0.1, 0.15) is 42.5 Å². The average molecular weight is 333 g/mol. The van der Waals surface area contributed by atoms with E-state index >= 15 is 0 Å². The van der Waals surface area contributed by atoms with E-state index in [4.69, 9.17) is 0 Å². The van der Waals surface area contributed by atoms with E-state index < -0.39 is 5.97 Å². The molecule has 7 heteroatoms. The van der Waals surface area contributed by atoms with E-state index in [2.05, 4.69) is 20.7 Å². The van der Waals surface area contributed by atoms with E-state index in [0.717, 1.165) is 25.7 Å². The van der Waals surface area contributed by atoms with Gasteiger partial charge < -0.3 is 20.7 Å². The molecule has 1 aromatic rings. The van der Waals surface area contributed by atoms with Gasteiger partial charge in [-0.15, -0.1) is 0 Å². The van der Waals surface area contributed by atoms with Crippen molar-refractivity contribution < 1.29 is 19.1 Å². The van der Waals surface area contributed by atoms with Crippen LogP contribution >= 0.6 is 0 Å². The minimum Gasteiger partial charge on any atom is -0.465 e. The van der Waals surface area contributed by atoms with Gasteiger partial charge >= 0.3 is 12.0 Å². The van der Waals surface area contributed by atoms with Crippen molar-refractivity contribution in [3.8, 4) is 0 Å². The molecule has 0 atom stereocenters. The molecule has 0 aliphatic heterocycles. The number of esters is 1. The molecule has 1 aliphatic rings. The van der Waals surface area contributed by atoms with Crippen molar-refractivity contribution in [2.45, 2.75) is 38.1 Å². The highest BCUT2D eigenvalue weighted by Gasteiger charge is 2.16. The largest absolute Gasteiger partial charge is 0.465 e. The van der Waals surface area contributed by atoms with Crippen LogP contribution in [0, 0.1) is 0 Å². The van der Waals surface area contributed by atoms with E-state index in [1.165, 1.54) is 19.6 Å². The maximum atomic E-state index is 11.9. The molecule has 3 amide bonds. The van der Waals surface area contributed by atoms with Gasteiger partial charge in [-0.3, -0.25) is 4.79 Å². The van der Waals surface area contributed by atoms with Crippen LogP contribution in [0.15, 0.2) is 24.3 Å². The van der Waals surface area contributed by atoms with Gasteiger partial charge in [0, 0.05) is 11.7 Å². The number of methoxy groups -OCH3 is 1. The fourth-order valence-electron chi connectivity index (χ4n) is 2.69. The summed E-state index contributed by atoms with van der Waals surface area (Å²) < 4.78 is 4.63. The first-order chi connectivity index (χ1) is 11.6. The van der Waals surface area contributed by atoms with Crippen molar-refractivity contribution in [1.82, 2.24) is 10.6 Å². The van der Waals surface area contributed by atoms with Gasteiger partial charge in [0.2, 0.25) is 5.91 Å². The van der Waals surface area contributed by atoms with Crippen molar-refractivity contribution in [3.05, 3.63) is 29.8 Å². The van der Waals surface area contributed by atoms with Crippen LogP contribution in [0.3, 0.4) is 0 Å². The molecule has 1 aromatic carbocycles. The number of carbonyl (C=O) groups excluding carboxylic acids is 3.